The number of hydrogen-bond acceptors (Lipinski definition) is 2. The molecule has 0 aromatic heterocycles. The van der Waals surface area contributed by atoms with Gasteiger partial charge in [-0.3, -0.25) is 0 Å². The van der Waals surface area contributed by atoms with E-state index in [-0.39, 0.29) is 5.56 Å². The quantitative estimate of drug-likeness (QED) is 0.894. The molecule has 1 aromatic carbocycles. The SMILES string of the molecule is CC(CNc1ccc(C(F)(F)F)c(C#N)c1)C1CC1. The Labute approximate surface area is 110 Å². The van der Waals surface area contributed by atoms with Crippen LogP contribution >= 0.6 is 0 Å². The minimum Gasteiger partial charge on any atom is -0.385 e. The largest absolute Gasteiger partial charge is 0.417 e. The van der Waals surface area contributed by atoms with Crippen LogP contribution in [-0.2, 0) is 6.18 Å². The van der Waals surface area contributed by atoms with Crippen molar-refractivity contribution in [2.24, 2.45) is 11.8 Å². The Kier molecular flexibility index (Phi) is 3.70. The van der Waals surface area contributed by atoms with Gasteiger partial charge in [0.1, 0.15) is 0 Å². The van der Waals surface area contributed by atoms with Crippen molar-refractivity contribution in [1.29, 1.82) is 5.26 Å². The molecule has 1 atom stereocenters. The molecular formula is C14H15F3N2. The van der Waals surface area contributed by atoms with Crippen LogP contribution in [0.25, 0.3) is 0 Å². The van der Waals surface area contributed by atoms with Crippen molar-refractivity contribution in [3.05, 3.63) is 29.3 Å². The van der Waals surface area contributed by atoms with Gasteiger partial charge in [0.05, 0.1) is 17.2 Å². The van der Waals surface area contributed by atoms with Crippen LogP contribution in [0.4, 0.5) is 18.9 Å². The van der Waals surface area contributed by atoms with Gasteiger partial charge in [-0.2, -0.15) is 18.4 Å². The Morgan fingerprint density at radius 3 is 2.63 bits per heavy atom. The molecule has 1 N–H and O–H groups in total. The Hall–Kier alpha value is -1.70. The first-order valence-corrected chi connectivity index (χ1v) is 6.27. The number of nitrogens with zero attached hydrogens (tertiary/aromatic N) is 1. The molecule has 0 heterocycles. The summed E-state index contributed by atoms with van der Waals surface area (Å²) < 4.78 is 37.9. The van der Waals surface area contributed by atoms with E-state index in [0.717, 1.165) is 18.5 Å². The van der Waals surface area contributed by atoms with Crippen LogP contribution in [0.1, 0.15) is 30.9 Å². The first kappa shape index (κ1) is 13.7. The van der Waals surface area contributed by atoms with Crippen molar-refractivity contribution >= 4 is 5.69 Å². The molecule has 1 aromatic rings. The van der Waals surface area contributed by atoms with Gasteiger partial charge >= 0.3 is 6.18 Å². The molecule has 0 radical (unpaired) electrons. The number of nitriles is 1. The highest BCUT2D eigenvalue weighted by molar-refractivity contribution is 5.53. The zero-order valence-electron chi connectivity index (χ0n) is 10.6. The fraction of sp³-hybridized carbons (Fsp3) is 0.500. The van der Waals surface area contributed by atoms with Gasteiger partial charge in [0.15, 0.2) is 0 Å². The molecular weight excluding hydrogens is 253 g/mol. The highest BCUT2D eigenvalue weighted by atomic mass is 19.4. The molecule has 19 heavy (non-hydrogen) atoms. The van der Waals surface area contributed by atoms with E-state index in [1.165, 1.54) is 25.0 Å². The Balaban J connectivity index is 2.08. The third kappa shape index (κ3) is 3.40. The molecule has 102 valence electrons. The van der Waals surface area contributed by atoms with Crippen molar-refractivity contribution in [3.8, 4) is 6.07 Å². The van der Waals surface area contributed by atoms with Crippen molar-refractivity contribution in [2.45, 2.75) is 25.9 Å². The average Bonchev–Trinajstić information content (AvgIpc) is 3.18. The van der Waals surface area contributed by atoms with E-state index >= 15 is 0 Å². The van der Waals surface area contributed by atoms with Gasteiger partial charge in [-0.25, -0.2) is 0 Å². The van der Waals surface area contributed by atoms with Gasteiger partial charge in [-0.15, -0.1) is 0 Å². The lowest BCUT2D eigenvalue weighted by atomic mass is 10.1. The highest BCUT2D eigenvalue weighted by Crippen LogP contribution is 2.37. The van der Waals surface area contributed by atoms with Crippen LogP contribution in [0.3, 0.4) is 0 Å². The standard InChI is InChI=1S/C14H15F3N2/c1-9(10-2-3-10)8-19-12-4-5-13(14(15,16)17)11(6-12)7-18/h4-6,9-10,19H,2-3,8H2,1H3. The van der Waals surface area contributed by atoms with Crippen molar-refractivity contribution in [3.63, 3.8) is 0 Å². The van der Waals surface area contributed by atoms with E-state index in [4.69, 9.17) is 5.26 Å². The van der Waals surface area contributed by atoms with E-state index in [0.29, 0.717) is 11.6 Å². The van der Waals surface area contributed by atoms with E-state index in [9.17, 15) is 13.2 Å². The fourth-order valence-corrected chi connectivity index (χ4v) is 2.10. The second kappa shape index (κ2) is 5.12. The summed E-state index contributed by atoms with van der Waals surface area (Å²) in [5.74, 6) is 1.24. The Morgan fingerprint density at radius 1 is 1.42 bits per heavy atom. The summed E-state index contributed by atoms with van der Waals surface area (Å²) in [7, 11) is 0. The number of rotatable bonds is 4. The maximum Gasteiger partial charge on any atom is 0.417 e. The number of benzene rings is 1. The second-order valence-electron chi connectivity index (χ2n) is 5.07. The lowest BCUT2D eigenvalue weighted by molar-refractivity contribution is -0.137. The number of hydrogen-bond donors (Lipinski definition) is 1. The summed E-state index contributed by atoms with van der Waals surface area (Å²) in [6.45, 7) is 2.85. The third-order valence-corrected chi connectivity index (χ3v) is 3.50. The smallest absolute Gasteiger partial charge is 0.385 e. The lowest BCUT2D eigenvalue weighted by Gasteiger charge is -2.14. The lowest BCUT2D eigenvalue weighted by Crippen LogP contribution is -2.14. The monoisotopic (exact) mass is 268 g/mol. The fourth-order valence-electron chi connectivity index (χ4n) is 2.10. The summed E-state index contributed by atoms with van der Waals surface area (Å²) >= 11 is 0. The molecule has 2 rings (SSSR count). The van der Waals surface area contributed by atoms with Crippen LogP contribution < -0.4 is 5.32 Å². The van der Waals surface area contributed by atoms with Crippen molar-refractivity contribution in [1.82, 2.24) is 0 Å². The van der Waals surface area contributed by atoms with Crippen LogP contribution in [-0.4, -0.2) is 6.54 Å². The van der Waals surface area contributed by atoms with Crippen molar-refractivity contribution < 1.29 is 13.2 Å². The molecule has 1 aliphatic carbocycles. The molecule has 0 spiro atoms. The first-order chi connectivity index (χ1) is 8.91. The van der Waals surface area contributed by atoms with E-state index in [2.05, 4.69) is 12.2 Å². The van der Waals surface area contributed by atoms with Crippen LogP contribution in [0.5, 0.6) is 0 Å². The molecule has 1 aliphatic rings. The van der Waals surface area contributed by atoms with Gasteiger partial charge in [0, 0.05) is 12.2 Å². The average molecular weight is 268 g/mol. The highest BCUT2D eigenvalue weighted by Gasteiger charge is 2.33. The number of nitrogens with one attached hydrogen (secondary N) is 1. The molecule has 0 saturated heterocycles. The third-order valence-electron chi connectivity index (χ3n) is 3.50. The molecule has 0 bridgehead atoms. The predicted octanol–water partition coefficient (Wildman–Crippen LogP) is 4.04. The summed E-state index contributed by atoms with van der Waals surface area (Å²) in [6.07, 6.45) is -2.01. The molecule has 0 amide bonds. The van der Waals surface area contributed by atoms with Gasteiger partial charge in [-0.05, 0) is 42.9 Å². The summed E-state index contributed by atoms with van der Waals surface area (Å²) in [6, 6.07) is 5.21. The van der Waals surface area contributed by atoms with Crippen LogP contribution in [0.2, 0.25) is 0 Å². The van der Waals surface area contributed by atoms with Crippen molar-refractivity contribution in [2.75, 3.05) is 11.9 Å². The molecule has 2 nitrogen and oxygen atoms in total. The molecule has 5 heteroatoms. The van der Waals surface area contributed by atoms with E-state index in [1.807, 2.05) is 0 Å². The first-order valence-electron chi connectivity index (χ1n) is 6.27. The summed E-state index contributed by atoms with van der Waals surface area (Å²) in [5.41, 5.74) is -0.649. The van der Waals surface area contributed by atoms with Gasteiger partial charge in [-0.1, -0.05) is 6.92 Å². The topological polar surface area (TPSA) is 35.8 Å². The minimum atomic E-state index is -4.48. The van der Waals surface area contributed by atoms with Gasteiger partial charge in [0.2, 0.25) is 0 Å². The minimum absolute atomic E-state index is 0.337. The molecule has 1 fully saturated rings. The molecule has 1 saturated carbocycles. The maximum absolute atomic E-state index is 12.6. The summed E-state index contributed by atoms with van der Waals surface area (Å²) in [5, 5.41) is 11.9. The van der Waals surface area contributed by atoms with Gasteiger partial charge in [0.25, 0.3) is 0 Å². The Bertz CT molecular complexity index is 498. The second-order valence-corrected chi connectivity index (χ2v) is 5.07. The zero-order valence-corrected chi connectivity index (χ0v) is 10.6. The molecule has 0 aliphatic heterocycles. The number of alkyl halides is 3. The van der Waals surface area contributed by atoms with Crippen LogP contribution in [0.15, 0.2) is 18.2 Å². The Morgan fingerprint density at radius 2 is 2.11 bits per heavy atom. The number of halogens is 3. The maximum atomic E-state index is 12.6. The molecule has 1 unspecified atom stereocenters. The normalized spacial score (nSPS) is 16.8. The zero-order chi connectivity index (χ0) is 14.0. The summed E-state index contributed by atoms with van der Waals surface area (Å²) in [4.78, 5) is 0. The predicted molar refractivity (Wildman–Crippen MR) is 66.5 cm³/mol. The van der Waals surface area contributed by atoms with E-state index in [1.54, 1.807) is 6.07 Å². The van der Waals surface area contributed by atoms with Crippen LogP contribution in [0, 0.1) is 23.2 Å². The van der Waals surface area contributed by atoms with E-state index < -0.39 is 11.7 Å². The number of anilines is 1. The van der Waals surface area contributed by atoms with Gasteiger partial charge < -0.3 is 5.32 Å².